The number of anilines is 1. The lowest BCUT2D eigenvalue weighted by Crippen LogP contribution is -2.48. The van der Waals surface area contributed by atoms with Gasteiger partial charge in [0.1, 0.15) is 0 Å². The lowest BCUT2D eigenvalue weighted by molar-refractivity contribution is -0.133. The molecular formula is C28H31N3O5S. The Morgan fingerprint density at radius 3 is 2.27 bits per heavy atom. The molecule has 1 N–H and O–H groups in total. The van der Waals surface area contributed by atoms with Crippen molar-refractivity contribution in [2.45, 2.75) is 31.2 Å². The van der Waals surface area contributed by atoms with Gasteiger partial charge in [-0.25, -0.2) is 8.42 Å². The van der Waals surface area contributed by atoms with Crippen LogP contribution < -0.4 is 14.2 Å². The molecule has 8 nitrogen and oxygen atoms in total. The van der Waals surface area contributed by atoms with Gasteiger partial charge in [-0.05, 0) is 60.9 Å². The second-order valence-corrected chi connectivity index (χ2v) is 11.1. The maximum absolute atomic E-state index is 12.8. The SMILES string of the molecule is Cc1ccc(NS(=O)(=O)c2ccc(CCC(=O)N3CCN(Cc4ccc5c(c4)OCO5)CC3)cc2)cc1. The van der Waals surface area contributed by atoms with Gasteiger partial charge >= 0.3 is 0 Å². The largest absolute Gasteiger partial charge is 0.454 e. The van der Waals surface area contributed by atoms with Crippen LogP contribution in [0.25, 0.3) is 0 Å². The molecule has 1 fully saturated rings. The molecule has 2 aliphatic rings. The number of carbonyl (C=O) groups is 1. The molecule has 1 saturated heterocycles. The molecule has 37 heavy (non-hydrogen) atoms. The third kappa shape index (κ3) is 6.23. The van der Waals surface area contributed by atoms with Crippen molar-refractivity contribution in [1.82, 2.24) is 9.80 Å². The number of piperazine rings is 1. The number of sulfonamides is 1. The van der Waals surface area contributed by atoms with Gasteiger partial charge in [-0.1, -0.05) is 35.9 Å². The molecule has 3 aromatic carbocycles. The summed E-state index contributed by atoms with van der Waals surface area (Å²) in [6.07, 6.45) is 0.970. The van der Waals surface area contributed by atoms with Crippen LogP contribution in [0, 0.1) is 6.92 Å². The maximum Gasteiger partial charge on any atom is 0.261 e. The summed E-state index contributed by atoms with van der Waals surface area (Å²) in [6, 6.07) is 20.0. The molecule has 194 valence electrons. The molecule has 0 aromatic heterocycles. The van der Waals surface area contributed by atoms with E-state index in [-0.39, 0.29) is 17.6 Å². The Morgan fingerprint density at radius 2 is 1.54 bits per heavy atom. The lowest BCUT2D eigenvalue weighted by atomic mass is 10.1. The lowest BCUT2D eigenvalue weighted by Gasteiger charge is -2.35. The molecule has 0 aliphatic carbocycles. The molecule has 0 atom stereocenters. The predicted octanol–water partition coefficient (Wildman–Crippen LogP) is 3.80. The number of ether oxygens (including phenoxy) is 2. The monoisotopic (exact) mass is 521 g/mol. The number of nitrogens with one attached hydrogen (secondary N) is 1. The van der Waals surface area contributed by atoms with Gasteiger partial charge in [0, 0.05) is 44.8 Å². The minimum atomic E-state index is -3.67. The summed E-state index contributed by atoms with van der Waals surface area (Å²) in [5.74, 6) is 1.70. The van der Waals surface area contributed by atoms with Crippen LogP contribution in [0.1, 0.15) is 23.1 Å². The van der Waals surface area contributed by atoms with Crippen LogP contribution in [0.2, 0.25) is 0 Å². The minimum Gasteiger partial charge on any atom is -0.454 e. The van der Waals surface area contributed by atoms with Gasteiger partial charge in [0.2, 0.25) is 12.7 Å². The quantitative estimate of drug-likeness (QED) is 0.485. The number of fused-ring (bicyclic) bond motifs is 1. The molecule has 0 radical (unpaired) electrons. The highest BCUT2D eigenvalue weighted by Gasteiger charge is 2.22. The highest BCUT2D eigenvalue weighted by atomic mass is 32.2. The number of benzene rings is 3. The summed E-state index contributed by atoms with van der Waals surface area (Å²) in [5.41, 5.74) is 3.69. The van der Waals surface area contributed by atoms with Gasteiger partial charge in [-0.15, -0.1) is 0 Å². The number of amides is 1. The number of hydrogen-bond acceptors (Lipinski definition) is 6. The van der Waals surface area contributed by atoms with Crippen LogP contribution in [-0.4, -0.2) is 57.1 Å². The summed E-state index contributed by atoms with van der Waals surface area (Å²) in [7, 11) is -3.67. The van der Waals surface area contributed by atoms with Crippen molar-refractivity contribution in [2.75, 3.05) is 37.7 Å². The van der Waals surface area contributed by atoms with E-state index in [0.717, 1.165) is 42.3 Å². The third-order valence-electron chi connectivity index (χ3n) is 6.73. The molecule has 9 heteroatoms. The first-order chi connectivity index (χ1) is 17.9. The fourth-order valence-corrected chi connectivity index (χ4v) is 5.59. The van der Waals surface area contributed by atoms with E-state index in [0.29, 0.717) is 31.6 Å². The molecule has 1 amide bonds. The Kier molecular flexibility index (Phi) is 7.34. The summed E-state index contributed by atoms with van der Waals surface area (Å²) in [5, 5.41) is 0. The molecular weight excluding hydrogens is 490 g/mol. The Hall–Kier alpha value is -3.56. The highest BCUT2D eigenvalue weighted by molar-refractivity contribution is 7.92. The predicted molar refractivity (Wildman–Crippen MR) is 141 cm³/mol. The zero-order chi connectivity index (χ0) is 25.8. The van der Waals surface area contributed by atoms with Crippen LogP contribution in [0.15, 0.2) is 71.6 Å². The van der Waals surface area contributed by atoms with Gasteiger partial charge in [0.25, 0.3) is 10.0 Å². The van der Waals surface area contributed by atoms with Gasteiger partial charge in [-0.2, -0.15) is 0 Å². The van der Waals surface area contributed by atoms with Crippen molar-refractivity contribution in [1.29, 1.82) is 0 Å². The first-order valence-electron chi connectivity index (χ1n) is 12.4. The van der Waals surface area contributed by atoms with Crippen molar-refractivity contribution in [3.8, 4) is 11.5 Å². The highest BCUT2D eigenvalue weighted by Crippen LogP contribution is 2.32. The van der Waals surface area contributed by atoms with Crippen LogP contribution in [-0.2, 0) is 27.8 Å². The Balaban J connectivity index is 1.08. The van der Waals surface area contributed by atoms with Gasteiger partial charge in [-0.3, -0.25) is 14.4 Å². The Labute approximate surface area is 217 Å². The fraction of sp³-hybridized carbons (Fsp3) is 0.321. The molecule has 0 spiro atoms. The zero-order valence-corrected chi connectivity index (χ0v) is 21.7. The number of rotatable bonds is 8. The van der Waals surface area contributed by atoms with Crippen LogP contribution in [0.3, 0.4) is 0 Å². The third-order valence-corrected chi connectivity index (χ3v) is 8.13. The van der Waals surface area contributed by atoms with Crippen molar-refractivity contribution in [3.05, 3.63) is 83.4 Å². The van der Waals surface area contributed by atoms with Gasteiger partial charge in [0.15, 0.2) is 11.5 Å². The van der Waals surface area contributed by atoms with E-state index in [9.17, 15) is 13.2 Å². The van der Waals surface area contributed by atoms with Gasteiger partial charge < -0.3 is 14.4 Å². The van der Waals surface area contributed by atoms with E-state index in [2.05, 4.69) is 15.7 Å². The van der Waals surface area contributed by atoms with Crippen molar-refractivity contribution < 1.29 is 22.7 Å². The fourth-order valence-electron chi connectivity index (χ4n) is 4.53. The van der Waals surface area contributed by atoms with Crippen molar-refractivity contribution >= 4 is 21.6 Å². The molecule has 0 saturated carbocycles. The van der Waals surface area contributed by atoms with E-state index in [1.807, 2.05) is 36.1 Å². The van der Waals surface area contributed by atoms with E-state index >= 15 is 0 Å². The van der Waals surface area contributed by atoms with Crippen LogP contribution in [0.5, 0.6) is 11.5 Å². The molecule has 5 rings (SSSR count). The normalized spacial score (nSPS) is 15.5. The van der Waals surface area contributed by atoms with Crippen LogP contribution >= 0.6 is 0 Å². The number of nitrogens with zero attached hydrogens (tertiary/aromatic N) is 2. The van der Waals surface area contributed by atoms with E-state index < -0.39 is 10.0 Å². The Morgan fingerprint density at radius 1 is 0.865 bits per heavy atom. The summed E-state index contributed by atoms with van der Waals surface area (Å²) >= 11 is 0. The first-order valence-corrected chi connectivity index (χ1v) is 13.9. The summed E-state index contributed by atoms with van der Waals surface area (Å²) < 4.78 is 38.8. The minimum absolute atomic E-state index is 0.125. The second-order valence-electron chi connectivity index (χ2n) is 9.46. The molecule has 0 unspecified atom stereocenters. The van der Waals surface area contributed by atoms with Crippen molar-refractivity contribution in [2.24, 2.45) is 0 Å². The number of carbonyl (C=O) groups excluding carboxylic acids is 1. The molecule has 2 heterocycles. The van der Waals surface area contributed by atoms with E-state index in [4.69, 9.17) is 9.47 Å². The Bertz CT molecular complexity index is 1350. The average Bonchev–Trinajstić information content (AvgIpc) is 3.37. The van der Waals surface area contributed by atoms with Crippen LogP contribution in [0.4, 0.5) is 5.69 Å². The maximum atomic E-state index is 12.8. The topological polar surface area (TPSA) is 88.2 Å². The second kappa shape index (κ2) is 10.8. The zero-order valence-electron chi connectivity index (χ0n) is 20.9. The molecule has 0 bridgehead atoms. The smallest absolute Gasteiger partial charge is 0.261 e. The molecule has 3 aromatic rings. The van der Waals surface area contributed by atoms with E-state index in [1.165, 1.54) is 5.56 Å². The van der Waals surface area contributed by atoms with E-state index in [1.54, 1.807) is 36.4 Å². The van der Waals surface area contributed by atoms with Crippen molar-refractivity contribution in [3.63, 3.8) is 0 Å². The summed E-state index contributed by atoms with van der Waals surface area (Å²) in [6.45, 7) is 6.07. The average molecular weight is 522 g/mol. The number of aryl methyl sites for hydroxylation is 2. The molecule has 2 aliphatic heterocycles. The number of hydrogen-bond donors (Lipinski definition) is 1. The first kappa shape index (κ1) is 25.1. The standard InChI is InChI=1S/C28H31N3O5S/c1-21-2-8-24(9-3-21)29-37(33,34)25-10-4-22(5-11-25)7-13-28(32)31-16-14-30(15-17-31)19-23-6-12-26-27(18-23)36-20-35-26/h2-6,8-12,18,29H,7,13-17,19-20H2,1H3. The van der Waals surface area contributed by atoms with Gasteiger partial charge in [0.05, 0.1) is 4.90 Å². The summed E-state index contributed by atoms with van der Waals surface area (Å²) in [4.78, 5) is 17.2.